The Morgan fingerprint density at radius 3 is 2.34 bits per heavy atom. The van der Waals surface area contributed by atoms with Crippen LogP contribution in [0, 0.1) is 11.6 Å². The summed E-state index contributed by atoms with van der Waals surface area (Å²) in [7, 11) is 1.53. The summed E-state index contributed by atoms with van der Waals surface area (Å²) in [5.41, 5.74) is 2.59. The number of ether oxygens (including phenoxy) is 2. The summed E-state index contributed by atoms with van der Waals surface area (Å²) in [6.07, 6.45) is -0.701. The number of hydrogen-bond donors (Lipinski definition) is 1. The van der Waals surface area contributed by atoms with Crippen LogP contribution in [0.5, 0.6) is 11.5 Å². The first-order valence-electron chi connectivity index (χ1n) is 11.0. The highest BCUT2D eigenvalue weighted by Crippen LogP contribution is 2.38. The first kappa shape index (κ1) is 22.4. The summed E-state index contributed by atoms with van der Waals surface area (Å²) < 4.78 is 40.1. The highest BCUT2D eigenvalue weighted by molar-refractivity contribution is 6.12. The van der Waals surface area contributed by atoms with E-state index in [9.17, 15) is 13.6 Å². The van der Waals surface area contributed by atoms with Crippen molar-refractivity contribution in [1.29, 1.82) is 0 Å². The number of nitrogens with one attached hydrogen (secondary N) is 1. The molecule has 5 nitrogen and oxygen atoms in total. The molecule has 4 aromatic carbocycles. The summed E-state index contributed by atoms with van der Waals surface area (Å²) in [4.78, 5) is 14.9. The highest BCUT2D eigenvalue weighted by atomic mass is 19.1. The summed E-state index contributed by atoms with van der Waals surface area (Å²) in [5, 5.41) is 3.36. The van der Waals surface area contributed by atoms with Crippen LogP contribution < -0.4 is 19.7 Å². The molecule has 1 heterocycles. The maximum atomic E-state index is 14.9. The van der Waals surface area contributed by atoms with Crippen molar-refractivity contribution in [3.05, 3.63) is 119 Å². The van der Waals surface area contributed by atoms with Crippen molar-refractivity contribution in [3.8, 4) is 11.5 Å². The standard InChI is InChI=1S/C28H22F2N2O3/c1-34-25-15-14-18(16-19(25)17-35-26-13-7-4-10-22(26)30)27-31-23-11-5-2-8-20(23)28(33)32(27)24-12-6-3-9-21(24)29/h2-16,27,31H,17H2,1H3. The van der Waals surface area contributed by atoms with Crippen molar-refractivity contribution >= 4 is 17.3 Å². The number of halogens is 2. The first-order valence-corrected chi connectivity index (χ1v) is 11.0. The second-order valence-corrected chi connectivity index (χ2v) is 8.01. The van der Waals surface area contributed by atoms with E-state index in [0.717, 1.165) is 0 Å². The normalized spacial score (nSPS) is 14.8. The summed E-state index contributed by atoms with van der Waals surface area (Å²) in [6.45, 7) is 0.0366. The molecule has 4 aromatic rings. The highest BCUT2D eigenvalue weighted by Gasteiger charge is 2.35. The van der Waals surface area contributed by atoms with Crippen LogP contribution in [0.2, 0.25) is 0 Å². The lowest BCUT2D eigenvalue weighted by Crippen LogP contribution is -2.43. The molecule has 1 aliphatic rings. The third kappa shape index (κ3) is 4.28. The maximum absolute atomic E-state index is 14.9. The van der Waals surface area contributed by atoms with Crippen molar-refractivity contribution < 1.29 is 23.0 Å². The quantitative estimate of drug-likeness (QED) is 0.357. The van der Waals surface area contributed by atoms with Gasteiger partial charge in [0.15, 0.2) is 11.6 Å². The zero-order chi connectivity index (χ0) is 24.4. The third-order valence-electron chi connectivity index (χ3n) is 5.88. The molecule has 0 fully saturated rings. The largest absolute Gasteiger partial charge is 0.496 e. The molecule has 7 heteroatoms. The lowest BCUT2D eigenvalue weighted by Gasteiger charge is -2.38. The van der Waals surface area contributed by atoms with Gasteiger partial charge in [0.05, 0.1) is 18.4 Å². The van der Waals surface area contributed by atoms with Crippen LogP contribution in [0.15, 0.2) is 91.0 Å². The second kappa shape index (κ2) is 9.46. The number of methoxy groups -OCH3 is 1. The van der Waals surface area contributed by atoms with Crippen LogP contribution in [0.1, 0.15) is 27.7 Å². The van der Waals surface area contributed by atoms with E-state index in [1.165, 1.54) is 24.1 Å². The molecule has 35 heavy (non-hydrogen) atoms. The van der Waals surface area contributed by atoms with Crippen molar-refractivity contribution in [3.63, 3.8) is 0 Å². The van der Waals surface area contributed by atoms with E-state index in [1.807, 2.05) is 18.2 Å². The van der Waals surface area contributed by atoms with Crippen molar-refractivity contribution in [2.75, 3.05) is 17.3 Å². The minimum Gasteiger partial charge on any atom is -0.496 e. The molecule has 1 N–H and O–H groups in total. The van der Waals surface area contributed by atoms with E-state index in [-0.39, 0.29) is 24.0 Å². The van der Waals surface area contributed by atoms with Crippen molar-refractivity contribution in [1.82, 2.24) is 0 Å². The summed E-state index contributed by atoms with van der Waals surface area (Å²) in [6, 6.07) is 24.8. The topological polar surface area (TPSA) is 50.8 Å². The molecule has 176 valence electrons. The Morgan fingerprint density at radius 2 is 1.57 bits per heavy atom. The van der Waals surface area contributed by atoms with Crippen molar-refractivity contribution in [2.45, 2.75) is 12.8 Å². The average Bonchev–Trinajstić information content (AvgIpc) is 2.89. The van der Waals surface area contributed by atoms with E-state index < -0.39 is 17.8 Å². The van der Waals surface area contributed by atoms with Gasteiger partial charge in [0.2, 0.25) is 0 Å². The number of benzene rings is 4. The van der Waals surface area contributed by atoms with Crippen LogP contribution in [0.3, 0.4) is 0 Å². The van der Waals surface area contributed by atoms with Gasteiger partial charge in [-0.3, -0.25) is 9.69 Å². The fourth-order valence-electron chi connectivity index (χ4n) is 4.18. The van der Waals surface area contributed by atoms with Crippen LogP contribution in [-0.4, -0.2) is 13.0 Å². The predicted molar refractivity (Wildman–Crippen MR) is 130 cm³/mol. The van der Waals surface area contributed by atoms with Crippen LogP contribution in [0.25, 0.3) is 0 Å². The summed E-state index contributed by atoms with van der Waals surface area (Å²) >= 11 is 0. The Morgan fingerprint density at radius 1 is 0.857 bits per heavy atom. The molecule has 0 bridgehead atoms. The zero-order valence-corrected chi connectivity index (χ0v) is 18.9. The zero-order valence-electron chi connectivity index (χ0n) is 18.9. The van der Waals surface area contributed by atoms with Gasteiger partial charge in [0, 0.05) is 11.3 Å². The van der Waals surface area contributed by atoms with E-state index in [0.29, 0.717) is 28.1 Å². The molecular weight excluding hydrogens is 450 g/mol. The van der Waals surface area contributed by atoms with Crippen LogP contribution in [-0.2, 0) is 6.61 Å². The summed E-state index contributed by atoms with van der Waals surface area (Å²) in [5.74, 6) is -0.638. The number of hydrogen-bond acceptors (Lipinski definition) is 4. The predicted octanol–water partition coefficient (Wildman–Crippen LogP) is 6.32. The van der Waals surface area contributed by atoms with Gasteiger partial charge < -0.3 is 14.8 Å². The molecule has 1 aliphatic heterocycles. The van der Waals surface area contributed by atoms with E-state index in [1.54, 1.807) is 60.7 Å². The van der Waals surface area contributed by atoms with E-state index in [4.69, 9.17) is 9.47 Å². The monoisotopic (exact) mass is 472 g/mol. The number of fused-ring (bicyclic) bond motifs is 1. The number of anilines is 2. The number of amides is 1. The minimum atomic E-state index is -0.701. The van der Waals surface area contributed by atoms with Gasteiger partial charge in [-0.25, -0.2) is 8.78 Å². The first-order chi connectivity index (χ1) is 17.1. The van der Waals surface area contributed by atoms with Gasteiger partial charge in [0.1, 0.15) is 24.3 Å². The molecule has 0 saturated heterocycles. The number of para-hydroxylation sites is 3. The number of carbonyl (C=O) groups excluding carboxylic acids is 1. The number of nitrogens with zero attached hydrogens (tertiary/aromatic N) is 1. The molecule has 0 radical (unpaired) electrons. The fraction of sp³-hybridized carbons (Fsp3) is 0.107. The van der Waals surface area contributed by atoms with E-state index in [2.05, 4.69) is 5.32 Å². The van der Waals surface area contributed by atoms with Gasteiger partial charge in [-0.1, -0.05) is 42.5 Å². The SMILES string of the molecule is COc1ccc(C2Nc3ccccc3C(=O)N2c2ccccc2F)cc1COc1ccccc1F. The van der Waals surface area contributed by atoms with Crippen LogP contribution >= 0.6 is 0 Å². The molecule has 1 atom stereocenters. The van der Waals surface area contributed by atoms with E-state index >= 15 is 0 Å². The lowest BCUT2D eigenvalue weighted by atomic mass is 10.0. The minimum absolute atomic E-state index is 0.0366. The Kier molecular flexibility index (Phi) is 6.06. The molecule has 0 spiro atoms. The van der Waals surface area contributed by atoms with Gasteiger partial charge in [0.25, 0.3) is 5.91 Å². The fourth-order valence-corrected chi connectivity index (χ4v) is 4.18. The van der Waals surface area contributed by atoms with Gasteiger partial charge in [-0.15, -0.1) is 0 Å². The molecule has 0 aliphatic carbocycles. The number of rotatable bonds is 6. The third-order valence-corrected chi connectivity index (χ3v) is 5.88. The molecule has 1 amide bonds. The Hall–Kier alpha value is -4.39. The Bertz CT molecular complexity index is 1390. The lowest BCUT2D eigenvalue weighted by molar-refractivity contribution is 0.0974. The van der Waals surface area contributed by atoms with Gasteiger partial charge in [-0.2, -0.15) is 0 Å². The van der Waals surface area contributed by atoms with Gasteiger partial charge in [-0.05, 0) is 54.1 Å². The Balaban J connectivity index is 1.56. The number of carbonyl (C=O) groups is 1. The molecular formula is C28H22F2N2O3. The molecule has 0 aromatic heterocycles. The maximum Gasteiger partial charge on any atom is 0.262 e. The molecule has 5 rings (SSSR count). The van der Waals surface area contributed by atoms with Crippen molar-refractivity contribution in [2.24, 2.45) is 0 Å². The molecule has 0 saturated carbocycles. The van der Waals surface area contributed by atoms with Crippen LogP contribution in [0.4, 0.5) is 20.2 Å². The Labute approximate surface area is 201 Å². The second-order valence-electron chi connectivity index (χ2n) is 8.01. The average molecular weight is 472 g/mol. The molecule has 1 unspecified atom stereocenters. The smallest absolute Gasteiger partial charge is 0.262 e. The van der Waals surface area contributed by atoms with Gasteiger partial charge >= 0.3 is 0 Å².